The van der Waals surface area contributed by atoms with E-state index in [4.69, 9.17) is 4.55 Å². The first-order valence-corrected chi connectivity index (χ1v) is 9.05. The maximum absolute atomic E-state index is 11.0. The summed E-state index contributed by atoms with van der Waals surface area (Å²) in [5, 5.41) is 3.42. The van der Waals surface area contributed by atoms with Gasteiger partial charge in [-0.15, -0.1) is 0 Å². The molecular weight excluding hydrogens is 312 g/mol. The largest absolute Gasteiger partial charge is 0.381 e. The van der Waals surface area contributed by atoms with E-state index in [-0.39, 0.29) is 4.90 Å². The Bertz CT molecular complexity index is 745. The summed E-state index contributed by atoms with van der Waals surface area (Å²) in [7, 11) is -4.13. The summed E-state index contributed by atoms with van der Waals surface area (Å²) in [5.41, 5.74) is 2.18. The molecule has 0 aromatic heterocycles. The number of nitrogens with one attached hydrogen (secondary N) is 1. The minimum Gasteiger partial charge on any atom is -0.381 e. The maximum atomic E-state index is 11.0. The SMILES string of the molecule is O=S(=O)(O)c1ccc(NC2CCN(Cc3ccccc3)C2)cc1. The molecule has 2 aromatic carbocycles. The van der Waals surface area contributed by atoms with Crippen LogP contribution in [0.3, 0.4) is 0 Å². The standard InChI is InChI=1S/C17H20N2O3S/c20-23(21,22)17-8-6-15(7-9-17)18-16-10-11-19(13-16)12-14-4-2-1-3-5-14/h1-9,16,18H,10-13H2,(H,20,21,22). The topological polar surface area (TPSA) is 69.6 Å². The molecule has 1 atom stereocenters. The minimum absolute atomic E-state index is 0.0832. The van der Waals surface area contributed by atoms with Gasteiger partial charge in [-0.1, -0.05) is 30.3 Å². The van der Waals surface area contributed by atoms with Gasteiger partial charge in [0, 0.05) is 31.4 Å². The monoisotopic (exact) mass is 332 g/mol. The van der Waals surface area contributed by atoms with Crippen molar-refractivity contribution in [2.24, 2.45) is 0 Å². The van der Waals surface area contributed by atoms with Gasteiger partial charge in [0.05, 0.1) is 4.90 Å². The average Bonchev–Trinajstić information content (AvgIpc) is 2.95. The predicted octanol–water partition coefficient (Wildman–Crippen LogP) is 2.62. The minimum atomic E-state index is -4.13. The van der Waals surface area contributed by atoms with Crippen LogP contribution in [0, 0.1) is 0 Å². The first-order valence-electron chi connectivity index (χ1n) is 7.61. The quantitative estimate of drug-likeness (QED) is 0.824. The molecule has 6 heteroatoms. The normalized spacial score (nSPS) is 18.9. The molecule has 1 fully saturated rings. The molecule has 5 nitrogen and oxygen atoms in total. The fourth-order valence-electron chi connectivity index (χ4n) is 2.89. The van der Waals surface area contributed by atoms with Gasteiger partial charge in [-0.2, -0.15) is 8.42 Å². The van der Waals surface area contributed by atoms with Crippen molar-refractivity contribution in [2.45, 2.75) is 23.9 Å². The van der Waals surface area contributed by atoms with Crippen LogP contribution in [-0.2, 0) is 16.7 Å². The van der Waals surface area contributed by atoms with Crippen molar-refractivity contribution in [2.75, 3.05) is 18.4 Å². The summed E-state index contributed by atoms with van der Waals surface area (Å²) in [6.45, 7) is 2.94. The van der Waals surface area contributed by atoms with Crippen molar-refractivity contribution in [3.05, 3.63) is 60.2 Å². The maximum Gasteiger partial charge on any atom is 0.294 e. The van der Waals surface area contributed by atoms with Crippen LogP contribution in [0.25, 0.3) is 0 Å². The van der Waals surface area contributed by atoms with Gasteiger partial charge >= 0.3 is 0 Å². The number of anilines is 1. The summed E-state index contributed by atoms with van der Waals surface area (Å²) in [6.07, 6.45) is 1.05. The average molecular weight is 332 g/mol. The fourth-order valence-corrected chi connectivity index (χ4v) is 3.37. The third kappa shape index (κ3) is 4.31. The summed E-state index contributed by atoms with van der Waals surface area (Å²) in [5.74, 6) is 0. The Morgan fingerprint density at radius 1 is 1.09 bits per heavy atom. The molecule has 2 N–H and O–H groups in total. The zero-order valence-corrected chi connectivity index (χ0v) is 13.5. The molecule has 1 aliphatic heterocycles. The second-order valence-corrected chi connectivity index (χ2v) is 7.27. The summed E-state index contributed by atoms with van der Waals surface area (Å²) in [4.78, 5) is 2.32. The molecule has 0 spiro atoms. The molecule has 0 bridgehead atoms. The first kappa shape index (κ1) is 16.0. The van der Waals surface area contributed by atoms with Crippen LogP contribution in [0.1, 0.15) is 12.0 Å². The molecule has 2 aromatic rings. The smallest absolute Gasteiger partial charge is 0.294 e. The van der Waals surface area contributed by atoms with E-state index in [2.05, 4.69) is 34.5 Å². The van der Waals surface area contributed by atoms with Crippen molar-refractivity contribution in [3.8, 4) is 0 Å². The van der Waals surface area contributed by atoms with Crippen LogP contribution in [-0.4, -0.2) is 37.0 Å². The van der Waals surface area contributed by atoms with Gasteiger partial charge in [-0.3, -0.25) is 9.45 Å². The lowest BCUT2D eigenvalue weighted by atomic mass is 10.2. The van der Waals surface area contributed by atoms with E-state index >= 15 is 0 Å². The fraction of sp³-hybridized carbons (Fsp3) is 0.294. The van der Waals surface area contributed by atoms with Crippen LogP contribution >= 0.6 is 0 Å². The van der Waals surface area contributed by atoms with Gasteiger partial charge in [-0.05, 0) is 36.2 Å². The van der Waals surface area contributed by atoms with Crippen molar-refractivity contribution < 1.29 is 13.0 Å². The number of rotatable bonds is 5. The number of nitrogens with zero attached hydrogens (tertiary/aromatic N) is 1. The Balaban J connectivity index is 1.56. The molecule has 1 saturated heterocycles. The highest BCUT2D eigenvalue weighted by molar-refractivity contribution is 7.85. The third-order valence-electron chi connectivity index (χ3n) is 4.04. The van der Waals surface area contributed by atoms with E-state index in [9.17, 15) is 8.42 Å². The Morgan fingerprint density at radius 2 is 1.78 bits per heavy atom. The summed E-state index contributed by atoms with van der Waals surface area (Å²) < 4.78 is 31.1. The van der Waals surface area contributed by atoms with Gasteiger partial charge in [0.15, 0.2) is 0 Å². The van der Waals surface area contributed by atoms with Crippen LogP contribution in [0.4, 0.5) is 5.69 Å². The second-order valence-electron chi connectivity index (χ2n) is 5.85. The molecule has 0 amide bonds. The van der Waals surface area contributed by atoms with Gasteiger partial charge < -0.3 is 5.32 Å². The van der Waals surface area contributed by atoms with E-state index in [0.29, 0.717) is 6.04 Å². The molecule has 0 aliphatic carbocycles. The Hall–Kier alpha value is -1.89. The number of benzene rings is 2. The second kappa shape index (κ2) is 6.70. The van der Waals surface area contributed by atoms with Crippen molar-refractivity contribution >= 4 is 15.8 Å². The van der Waals surface area contributed by atoms with E-state index in [1.54, 1.807) is 12.1 Å². The van der Waals surface area contributed by atoms with Crippen molar-refractivity contribution in [1.82, 2.24) is 4.90 Å². The van der Waals surface area contributed by atoms with E-state index in [1.165, 1.54) is 17.7 Å². The number of hydrogen-bond donors (Lipinski definition) is 2. The van der Waals surface area contributed by atoms with Crippen molar-refractivity contribution in [3.63, 3.8) is 0 Å². The lowest BCUT2D eigenvalue weighted by molar-refractivity contribution is 0.328. The Morgan fingerprint density at radius 3 is 2.43 bits per heavy atom. The molecule has 0 saturated carbocycles. The molecule has 1 unspecified atom stereocenters. The van der Waals surface area contributed by atoms with Crippen LogP contribution < -0.4 is 5.32 Å². The lowest BCUT2D eigenvalue weighted by Gasteiger charge is -2.17. The molecule has 122 valence electrons. The molecule has 0 radical (unpaired) electrons. The van der Waals surface area contributed by atoms with Gasteiger partial charge in [0.25, 0.3) is 10.1 Å². The van der Waals surface area contributed by atoms with E-state index in [1.807, 2.05) is 6.07 Å². The van der Waals surface area contributed by atoms with Gasteiger partial charge in [-0.25, -0.2) is 0 Å². The summed E-state index contributed by atoms with van der Waals surface area (Å²) in [6, 6.07) is 16.9. The lowest BCUT2D eigenvalue weighted by Crippen LogP contribution is -2.25. The highest BCUT2D eigenvalue weighted by Gasteiger charge is 2.22. The predicted molar refractivity (Wildman–Crippen MR) is 90.0 cm³/mol. The van der Waals surface area contributed by atoms with E-state index < -0.39 is 10.1 Å². The molecule has 1 aliphatic rings. The molecule has 1 heterocycles. The molecular formula is C17H20N2O3S. The van der Waals surface area contributed by atoms with Crippen LogP contribution in [0.15, 0.2) is 59.5 Å². The van der Waals surface area contributed by atoms with Crippen molar-refractivity contribution in [1.29, 1.82) is 0 Å². The Kier molecular flexibility index (Phi) is 4.66. The van der Waals surface area contributed by atoms with Gasteiger partial charge in [0.1, 0.15) is 0 Å². The number of likely N-dealkylation sites (tertiary alicyclic amines) is 1. The van der Waals surface area contributed by atoms with E-state index in [0.717, 1.165) is 31.7 Å². The molecule has 3 rings (SSSR count). The van der Waals surface area contributed by atoms with Gasteiger partial charge in [0.2, 0.25) is 0 Å². The number of hydrogen-bond acceptors (Lipinski definition) is 4. The van der Waals surface area contributed by atoms with Crippen LogP contribution in [0.5, 0.6) is 0 Å². The Labute approximate surface area is 136 Å². The molecule has 23 heavy (non-hydrogen) atoms. The first-order chi connectivity index (χ1) is 11.0. The zero-order chi connectivity index (χ0) is 16.3. The third-order valence-corrected chi connectivity index (χ3v) is 4.91. The summed E-state index contributed by atoms with van der Waals surface area (Å²) >= 11 is 0. The highest BCUT2D eigenvalue weighted by atomic mass is 32.2. The highest BCUT2D eigenvalue weighted by Crippen LogP contribution is 2.19. The van der Waals surface area contributed by atoms with Crippen LogP contribution in [0.2, 0.25) is 0 Å². The zero-order valence-electron chi connectivity index (χ0n) is 12.7.